The fourth-order valence-corrected chi connectivity index (χ4v) is 10.4. The maximum atomic E-state index is 11.7. The Labute approximate surface area is 210 Å². The van der Waals surface area contributed by atoms with Crippen LogP contribution in [-0.2, 0) is 10.5 Å². The number of ether oxygens (including phenoxy) is 1. The Morgan fingerprint density at radius 2 is 1.54 bits per heavy atom. The molecule has 2 aromatic carbocycles. The van der Waals surface area contributed by atoms with Crippen molar-refractivity contribution in [3.63, 3.8) is 0 Å². The van der Waals surface area contributed by atoms with Crippen LogP contribution in [-0.4, -0.2) is 40.9 Å². The molecule has 35 heavy (non-hydrogen) atoms. The van der Waals surface area contributed by atoms with Crippen molar-refractivity contribution >= 4 is 19.1 Å². The maximum absolute atomic E-state index is 11.7. The van der Waals surface area contributed by atoms with Gasteiger partial charge in [-0.3, -0.25) is 0 Å². The lowest BCUT2D eigenvalue weighted by Gasteiger charge is -2.38. The van der Waals surface area contributed by atoms with E-state index in [1.807, 2.05) is 61.5 Å². The second-order valence-corrected chi connectivity index (χ2v) is 15.4. The van der Waals surface area contributed by atoms with Gasteiger partial charge >= 0.3 is 0 Å². The number of para-hydroxylation sites is 1. The summed E-state index contributed by atoms with van der Waals surface area (Å²) >= 11 is 0. The van der Waals surface area contributed by atoms with E-state index in [1.165, 1.54) is 0 Å². The molecule has 0 saturated carbocycles. The first-order valence-electron chi connectivity index (χ1n) is 12.4. The molecule has 1 heterocycles. The summed E-state index contributed by atoms with van der Waals surface area (Å²) in [6, 6.07) is 17.3. The lowest BCUT2D eigenvalue weighted by Crippen LogP contribution is -2.48. The molecule has 5 nitrogen and oxygen atoms in total. The zero-order valence-corrected chi connectivity index (χ0v) is 22.9. The van der Waals surface area contributed by atoms with Crippen LogP contribution < -0.4 is 0 Å². The van der Waals surface area contributed by atoms with E-state index < -0.39 is 19.9 Å². The highest BCUT2D eigenvalue weighted by Gasteiger charge is 2.44. The molecule has 0 aliphatic heterocycles. The van der Waals surface area contributed by atoms with Gasteiger partial charge in [0, 0.05) is 12.2 Å². The van der Waals surface area contributed by atoms with Gasteiger partial charge in [-0.05, 0) is 53.7 Å². The average molecular weight is 488 g/mol. The van der Waals surface area contributed by atoms with E-state index in [0.29, 0.717) is 28.7 Å². The van der Waals surface area contributed by atoms with Gasteiger partial charge in [0.1, 0.15) is 13.6 Å². The molecule has 3 rings (SSSR count). The molecule has 0 aliphatic rings. The number of benzene rings is 2. The topological polar surface area (TPSA) is 60.2 Å². The number of nitrogens with zero attached hydrogens (tertiary/aromatic N) is 3. The van der Waals surface area contributed by atoms with Crippen molar-refractivity contribution < 1.29 is 9.84 Å². The molecule has 0 radical (unpaired) electrons. The van der Waals surface area contributed by atoms with Gasteiger partial charge in [-0.15, -0.1) is 10.6 Å². The van der Waals surface area contributed by atoms with Gasteiger partial charge in [0.2, 0.25) is 0 Å². The van der Waals surface area contributed by atoms with Crippen LogP contribution in [0.3, 0.4) is 0 Å². The second-order valence-electron chi connectivity index (χ2n) is 9.80. The third-order valence-electron chi connectivity index (χ3n) is 6.85. The van der Waals surface area contributed by atoms with Crippen molar-refractivity contribution in [1.29, 1.82) is 0 Å². The van der Waals surface area contributed by atoms with Crippen molar-refractivity contribution in [1.82, 2.24) is 15.0 Å². The van der Waals surface area contributed by atoms with E-state index in [0.717, 1.165) is 11.1 Å². The first kappa shape index (κ1) is 26.7. The summed E-state index contributed by atoms with van der Waals surface area (Å²) < 4.78 is 7.85. The van der Waals surface area contributed by atoms with Crippen molar-refractivity contribution in [2.75, 3.05) is 6.61 Å². The van der Waals surface area contributed by atoms with Gasteiger partial charge in [0.15, 0.2) is 6.10 Å². The monoisotopic (exact) mass is 487 g/mol. The number of hydrogen-bond acceptors (Lipinski definition) is 4. The summed E-state index contributed by atoms with van der Waals surface area (Å²) in [6.45, 7) is 15.7. The highest BCUT2D eigenvalue weighted by Crippen LogP contribution is 2.41. The van der Waals surface area contributed by atoms with Gasteiger partial charge in [-0.2, -0.15) is 4.68 Å². The minimum atomic E-state index is -2.09. The van der Waals surface area contributed by atoms with Crippen LogP contribution in [0.25, 0.3) is 11.0 Å². The average Bonchev–Trinajstić information content (AvgIpc) is 3.26. The molecule has 0 fully saturated rings. The molecule has 0 spiro atoms. The van der Waals surface area contributed by atoms with Crippen LogP contribution >= 0.6 is 0 Å². The molecule has 6 heteroatoms. The molecule has 2 unspecified atom stereocenters. The van der Waals surface area contributed by atoms with Crippen LogP contribution in [0, 0.1) is 23.3 Å². The predicted molar refractivity (Wildman–Crippen MR) is 145 cm³/mol. The summed E-state index contributed by atoms with van der Waals surface area (Å²) in [5.74, 6) is 9.64. The Kier molecular flexibility index (Phi) is 8.56. The normalized spacial score (nSPS) is 14.4. The fraction of sp³-hybridized carbons (Fsp3) is 0.448. The minimum Gasteiger partial charge on any atom is -0.374 e. The third kappa shape index (κ3) is 5.21. The number of fused-ring (bicyclic) bond motifs is 1. The quantitative estimate of drug-likeness (QED) is 0.340. The van der Waals surface area contributed by atoms with Crippen LogP contribution in [0.15, 0.2) is 54.6 Å². The van der Waals surface area contributed by atoms with Gasteiger partial charge in [0.25, 0.3) is 5.72 Å². The molecule has 0 amide bonds. The predicted octanol–water partition coefficient (Wildman–Crippen LogP) is 5.75. The van der Waals surface area contributed by atoms with Crippen molar-refractivity contribution in [2.24, 2.45) is 0 Å². The fourth-order valence-electron chi connectivity index (χ4n) is 5.16. The lowest BCUT2D eigenvalue weighted by molar-refractivity contribution is -0.119. The summed E-state index contributed by atoms with van der Waals surface area (Å²) in [5.41, 5.74) is 5.67. The van der Waals surface area contributed by atoms with Crippen LogP contribution in [0.4, 0.5) is 0 Å². The van der Waals surface area contributed by atoms with Crippen molar-refractivity contribution in [2.45, 2.75) is 76.9 Å². The summed E-state index contributed by atoms with van der Waals surface area (Å²) in [7, 11) is -2.09. The van der Waals surface area contributed by atoms with E-state index >= 15 is 0 Å². The molecule has 0 aliphatic carbocycles. The SMILES string of the molecule is CCOC(C#Cc1ccccc1)(C(O)C#C[Si](C(C)C)(C(C)C)C(C)C)n1nnc2ccccc21. The molecule has 2 atom stereocenters. The largest absolute Gasteiger partial charge is 0.374 e. The highest BCUT2D eigenvalue weighted by molar-refractivity contribution is 6.90. The number of aliphatic hydroxyl groups is 1. The van der Waals surface area contributed by atoms with E-state index in [-0.39, 0.29) is 0 Å². The van der Waals surface area contributed by atoms with Crippen molar-refractivity contribution in [3.8, 4) is 23.3 Å². The Balaban J connectivity index is 2.26. The third-order valence-corrected chi connectivity index (χ3v) is 13.2. The molecular formula is C29H37N3O2Si. The lowest BCUT2D eigenvalue weighted by atomic mass is 10.1. The summed E-state index contributed by atoms with van der Waals surface area (Å²) in [6.07, 6.45) is -1.23. The molecule has 1 aromatic heterocycles. The molecule has 184 valence electrons. The highest BCUT2D eigenvalue weighted by atomic mass is 28.3. The van der Waals surface area contributed by atoms with E-state index in [1.54, 1.807) is 4.68 Å². The second kappa shape index (κ2) is 11.2. The molecule has 3 aromatic rings. The first-order valence-corrected chi connectivity index (χ1v) is 14.7. The summed E-state index contributed by atoms with van der Waals surface area (Å²) in [5, 5.41) is 20.4. The minimum absolute atomic E-state index is 0.317. The zero-order valence-electron chi connectivity index (χ0n) is 21.9. The maximum Gasteiger partial charge on any atom is 0.264 e. The summed E-state index contributed by atoms with van der Waals surface area (Å²) in [4.78, 5) is 0. The van der Waals surface area contributed by atoms with Crippen LogP contribution in [0.5, 0.6) is 0 Å². The Morgan fingerprint density at radius 3 is 2.14 bits per heavy atom. The number of rotatable bonds is 7. The molecular weight excluding hydrogens is 450 g/mol. The van der Waals surface area contributed by atoms with Gasteiger partial charge in [-0.25, -0.2) is 0 Å². The molecule has 0 saturated heterocycles. The number of aliphatic hydroxyl groups excluding tert-OH is 1. The number of aromatic nitrogens is 3. The molecule has 1 N–H and O–H groups in total. The zero-order chi connectivity index (χ0) is 25.6. The van der Waals surface area contributed by atoms with E-state index in [4.69, 9.17) is 4.74 Å². The van der Waals surface area contributed by atoms with Gasteiger partial charge < -0.3 is 9.84 Å². The Bertz CT molecular complexity index is 1220. The van der Waals surface area contributed by atoms with Gasteiger partial charge in [0.05, 0.1) is 5.52 Å². The standard InChI is InChI=1S/C29H37N3O2Si/c1-8-34-29(20-18-25-14-10-9-11-15-25,32-27-17-13-12-16-26(27)30-31-32)28(33)19-21-35(22(2)3,23(4)5)24(6)7/h9-17,22-24,28,33H,8H2,1-7H3. The van der Waals surface area contributed by atoms with E-state index in [2.05, 4.69) is 75.2 Å². The van der Waals surface area contributed by atoms with Crippen molar-refractivity contribution in [3.05, 3.63) is 60.2 Å². The Morgan fingerprint density at radius 1 is 0.943 bits per heavy atom. The molecule has 0 bridgehead atoms. The van der Waals surface area contributed by atoms with E-state index in [9.17, 15) is 5.11 Å². The Hall–Kier alpha value is -2.90. The number of hydrogen-bond donors (Lipinski definition) is 1. The first-order chi connectivity index (χ1) is 16.7. The van der Waals surface area contributed by atoms with Gasteiger partial charge in [-0.1, -0.05) is 88.9 Å². The van der Waals surface area contributed by atoms with Crippen LogP contribution in [0.2, 0.25) is 16.6 Å². The van der Waals surface area contributed by atoms with Crippen LogP contribution in [0.1, 0.15) is 54.0 Å². The smallest absolute Gasteiger partial charge is 0.264 e.